The maximum Gasteiger partial charge on any atom is 0.321 e. The lowest BCUT2D eigenvalue weighted by atomic mass is 10.2. The summed E-state index contributed by atoms with van der Waals surface area (Å²) in [6, 6.07) is 16.4. The van der Waals surface area contributed by atoms with E-state index in [0.717, 1.165) is 10.1 Å². The molecule has 0 aliphatic heterocycles. The first kappa shape index (κ1) is 19.2. The maximum atomic E-state index is 12.5. The van der Waals surface area contributed by atoms with Gasteiger partial charge < -0.3 is 10.1 Å². The number of ether oxygens (including phenoxy) is 1. The van der Waals surface area contributed by atoms with Gasteiger partial charge in [-0.05, 0) is 24.6 Å². The molecule has 1 amide bonds. The number of aromatic nitrogens is 2. The fourth-order valence-corrected chi connectivity index (χ4v) is 2.76. The summed E-state index contributed by atoms with van der Waals surface area (Å²) in [5, 5.41) is 2.74. The molecule has 2 aromatic carbocycles. The molecule has 28 heavy (non-hydrogen) atoms. The van der Waals surface area contributed by atoms with Crippen LogP contribution in [0.1, 0.15) is 12.5 Å². The first-order valence-electron chi connectivity index (χ1n) is 8.95. The molecule has 3 rings (SSSR count). The van der Waals surface area contributed by atoms with Crippen LogP contribution < -0.4 is 21.2 Å². The fourth-order valence-electron chi connectivity index (χ4n) is 2.76. The topological polar surface area (TPSA) is 82.3 Å². The van der Waals surface area contributed by atoms with E-state index in [-0.39, 0.29) is 12.5 Å². The van der Waals surface area contributed by atoms with Gasteiger partial charge in [0.2, 0.25) is 5.91 Å². The van der Waals surface area contributed by atoms with E-state index in [1.807, 2.05) is 37.3 Å². The Morgan fingerprint density at radius 2 is 1.68 bits per heavy atom. The Morgan fingerprint density at radius 1 is 0.964 bits per heavy atom. The minimum atomic E-state index is -0.774. The molecule has 0 spiro atoms. The van der Waals surface area contributed by atoms with Crippen molar-refractivity contribution in [2.75, 3.05) is 6.61 Å². The zero-order valence-electron chi connectivity index (χ0n) is 15.5. The van der Waals surface area contributed by atoms with E-state index in [1.54, 1.807) is 24.3 Å². The SMILES string of the molecule is CCOc1ccccc1-n1ccn(CC(=O)NCc2ccccc2)c(=O)c1=O. The van der Waals surface area contributed by atoms with E-state index in [9.17, 15) is 14.4 Å². The lowest BCUT2D eigenvalue weighted by molar-refractivity contribution is -0.121. The second-order valence-electron chi connectivity index (χ2n) is 6.07. The van der Waals surface area contributed by atoms with Crippen molar-refractivity contribution in [1.82, 2.24) is 14.5 Å². The van der Waals surface area contributed by atoms with E-state index >= 15 is 0 Å². The third-order valence-corrected chi connectivity index (χ3v) is 4.13. The molecule has 1 heterocycles. The van der Waals surface area contributed by atoms with Gasteiger partial charge in [-0.3, -0.25) is 23.5 Å². The minimum Gasteiger partial charge on any atom is -0.492 e. The number of carbonyl (C=O) groups is 1. The van der Waals surface area contributed by atoms with Crippen molar-refractivity contribution in [1.29, 1.82) is 0 Å². The largest absolute Gasteiger partial charge is 0.492 e. The monoisotopic (exact) mass is 379 g/mol. The third-order valence-electron chi connectivity index (χ3n) is 4.13. The number of nitrogens with one attached hydrogen (secondary N) is 1. The van der Waals surface area contributed by atoms with Gasteiger partial charge in [-0.25, -0.2) is 0 Å². The van der Waals surface area contributed by atoms with Gasteiger partial charge in [-0.2, -0.15) is 0 Å². The molecule has 0 unspecified atom stereocenters. The average molecular weight is 379 g/mol. The van der Waals surface area contributed by atoms with Gasteiger partial charge in [0.25, 0.3) is 0 Å². The van der Waals surface area contributed by atoms with E-state index in [0.29, 0.717) is 24.6 Å². The summed E-state index contributed by atoms with van der Waals surface area (Å²) in [4.78, 5) is 37.1. The van der Waals surface area contributed by atoms with E-state index < -0.39 is 11.1 Å². The molecule has 0 saturated heterocycles. The van der Waals surface area contributed by atoms with Crippen LogP contribution in [0.4, 0.5) is 0 Å². The summed E-state index contributed by atoms with van der Waals surface area (Å²) in [6.45, 7) is 2.40. The highest BCUT2D eigenvalue weighted by Crippen LogP contribution is 2.20. The average Bonchev–Trinajstić information content (AvgIpc) is 2.72. The minimum absolute atomic E-state index is 0.227. The van der Waals surface area contributed by atoms with Gasteiger partial charge >= 0.3 is 11.1 Å². The number of benzene rings is 2. The van der Waals surface area contributed by atoms with E-state index in [1.165, 1.54) is 17.0 Å². The van der Waals surface area contributed by atoms with Crippen molar-refractivity contribution in [3.8, 4) is 11.4 Å². The van der Waals surface area contributed by atoms with Gasteiger partial charge in [-0.15, -0.1) is 0 Å². The van der Waals surface area contributed by atoms with Gasteiger partial charge in [0.1, 0.15) is 12.3 Å². The summed E-state index contributed by atoms with van der Waals surface area (Å²) >= 11 is 0. The lowest BCUT2D eigenvalue weighted by Gasteiger charge is -2.13. The molecule has 1 N–H and O–H groups in total. The molecular weight excluding hydrogens is 358 g/mol. The van der Waals surface area contributed by atoms with Crippen LogP contribution in [0.3, 0.4) is 0 Å². The van der Waals surface area contributed by atoms with E-state index in [2.05, 4.69) is 5.32 Å². The third kappa shape index (κ3) is 4.37. The summed E-state index contributed by atoms with van der Waals surface area (Å²) in [5.74, 6) is 0.155. The quantitative estimate of drug-likeness (QED) is 0.634. The summed E-state index contributed by atoms with van der Waals surface area (Å²) in [5.41, 5.74) is -0.0903. The predicted molar refractivity (Wildman–Crippen MR) is 106 cm³/mol. The fraction of sp³-hybridized carbons (Fsp3) is 0.190. The molecule has 144 valence electrons. The number of rotatable bonds is 7. The van der Waals surface area contributed by atoms with Gasteiger partial charge in [-0.1, -0.05) is 42.5 Å². The van der Waals surface area contributed by atoms with Crippen LogP contribution in [-0.2, 0) is 17.9 Å². The molecule has 7 nitrogen and oxygen atoms in total. The van der Waals surface area contributed by atoms with Crippen LogP contribution in [0.5, 0.6) is 5.75 Å². The molecule has 0 bridgehead atoms. The highest BCUT2D eigenvalue weighted by Gasteiger charge is 2.12. The van der Waals surface area contributed by atoms with Crippen molar-refractivity contribution < 1.29 is 9.53 Å². The Morgan fingerprint density at radius 3 is 2.43 bits per heavy atom. The molecule has 0 aliphatic carbocycles. The number of hydrogen-bond donors (Lipinski definition) is 1. The van der Waals surface area contributed by atoms with Crippen LogP contribution in [0.2, 0.25) is 0 Å². The van der Waals surface area contributed by atoms with Crippen molar-refractivity contribution in [3.63, 3.8) is 0 Å². The highest BCUT2D eigenvalue weighted by atomic mass is 16.5. The second kappa shape index (κ2) is 8.85. The van der Waals surface area contributed by atoms with Crippen LogP contribution >= 0.6 is 0 Å². The standard InChI is InChI=1S/C21H21N3O4/c1-2-28-18-11-7-6-10-17(18)24-13-12-23(20(26)21(24)27)15-19(25)22-14-16-8-4-3-5-9-16/h3-13H,2,14-15H2,1H3,(H,22,25). The van der Waals surface area contributed by atoms with Crippen molar-refractivity contribution >= 4 is 5.91 Å². The molecule has 0 aliphatic rings. The summed E-state index contributed by atoms with van der Waals surface area (Å²) in [7, 11) is 0. The molecule has 1 aromatic heterocycles. The maximum absolute atomic E-state index is 12.5. The first-order chi connectivity index (χ1) is 13.6. The number of hydrogen-bond acceptors (Lipinski definition) is 4. The first-order valence-corrected chi connectivity index (χ1v) is 8.95. The van der Waals surface area contributed by atoms with Crippen molar-refractivity contribution in [2.24, 2.45) is 0 Å². The molecule has 0 atom stereocenters. The Balaban J connectivity index is 1.78. The van der Waals surface area contributed by atoms with Crippen LogP contribution in [0, 0.1) is 0 Å². The number of nitrogens with zero attached hydrogens (tertiary/aromatic N) is 2. The van der Waals surface area contributed by atoms with Crippen molar-refractivity contribution in [2.45, 2.75) is 20.0 Å². The Hall–Kier alpha value is -3.61. The molecule has 0 saturated carbocycles. The van der Waals surface area contributed by atoms with Crippen LogP contribution in [-0.4, -0.2) is 21.6 Å². The highest BCUT2D eigenvalue weighted by molar-refractivity contribution is 5.75. The summed E-state index contributed by atoms with van der Waals surface area (Å²) < 4.78 is 7.85. The molecule has 7 heteroatoms. The van der Waals surface area contributed by atoms with Crippen LogP contribution in [0.25, 0.3) is 5.69 Å². The Labute approximate surface area is 161 Å². The van der Waals surface area contributed by atoms with Gasteiger partial charge in [0.05, 0.1) is 12.3 Å². The van der Waals surface area contributed by atoms with Gasteiger partial charge in [0.15, 0.2) is 0 Å². The number of amides is 1. The number of carbonyl (C=O) groups excluding carboxylic acids is 1. The zero-order chi connectivity index (χ0) is 19.9. The molecule has 3 aromatic rings. The molecule has 0 radical (unpaired) electrons. The second-order valence-corrected chi connectivity index (χ2v) is 6.07. The van der Waals surface area contributed by atoms with E-state index in [4.69, 9.17) is 4.74 Å². The normalized spacial score (nSPS) is 10.5. The Kier molecular flexibility index (Phi) is 6.06. The Bertz CT molecular complexity index is 1070. The predicted octanol–water partition coefficient (Wildman–Crippen LogP) is 1.71. The lowest BCUT2D eigenvalue weighted by Crippen LogP contribution is -2.42. The number of para-hydroxylation sites is 2. The smallest absolute Gasteiger partial charge is 0.321 e. The van der Waals surface area contributed by atoms with Crippen LogP contribution in [0.15, 0.2) is 76.6 Å². The molecule has 0 fully saturated rings. The zero-order valence-corrected chi connectivity index (χ0v) is 15.5. The molecular formula is C21H21N3O4. The van der Waals surface area contributed by atoms with Gasteiger partial charge in [0, 0.05) is 18.9 Å². The van der Waals surface area contributed by atoms with Crippen molar-refractivity contribution in [3.05, 3.63) is 93.3 Å². The summed E-state index contributed by atoms with van der Waals surface area (Å²) in [6.07, 6.45) is 2.89.